The van der Waals surface area contributed by atoms with Gasteiger partial charge in [-0.3, -0.25) is 47.9 Å². The van der Waals surface area contributed by atoms with Crippen LogP contribution in [0.25, 0.3) is 0 Å². The zero-order valence-electron chi connectivity index (χ0n) is 54.0. The van der Waals surface area contributed by atoms with Crippen LogP contribution in [0.4, 0.5) is 0 Å². The summed E-state index contributed by atoms with van der Waals surface area (Å²) in [5.41, 5.74) is -4.64. The second-order valence-corrected chi connectivity index (χ2v) is 26.7. The number of amides is 10. The fourth-order valence-electron chi connectivity index (χ4n) is 10.8. The van der Waals surface area contributed by atoms with Crippen LogP contribution in [-0.2, 0) is 47.9 Å². The van der Waals surface area contributed by atoms with Crippen molar-refractivity contribution in [3.05, 3.63) is 0 Å². The van der Waals surface area contributed by atoms with E-state index in [-0.39, 0.29) is 73.9 Å². The predicted octanol–water partition coefficient (Wildman–Crippen LogP) is 5.57. The number of rotatable bonds is 37. The van der Waals surface area contributed by atoms with Crippen LogP contribution in [-0.4, -0.2) is 155 Å². The molecule has 0 aromatic rings. The molecule has 7 atom stereocenters. The van der Waals surface area contributed by atoms with Crippen molar-refractivity contribution in [3.63, 3.8) is 0 Å². The zero-order valence-corrected chi connectivity index (χ0v) is 54.0. The van der Waals surface area contributed by atoms with Crippen LogP contribution >= 0.6 is 0 Å². The highest BCUT2D eigenvalue weighted by Crippen LogP contribution is 2.23. The Labute approximate surface area is 498 Å². The Morgan fingerprint density at radius 3 is 1.53 bits per heavy atom. The number of carbonyl (C=O) groups is 10. The lowest BCUT2D eigenvalue weighted by molar-refractivity contribution is -0.140. The third kappa shape index (κ3) is 26.2. The molecule has 0 unspecified atom stereocenters. The van der Waals surface area contributed by atoms with E-state index in [2.05, 4.69) is 66.6 Å². The number of likely N-dealkylation sites (N-methyl/N-ethyl adjacent to an activating group) is 1. The minimum atomic E-state index is -1.62. The van der Waals surface area contributed by atoms with Crippen LogP contribution in [0.3, 0.4) is 0 Å². The van der Waals surface area contributed by atoms with Gasteiger partial charge in [-0.05, 0) is 131 Å². The average molecular weight is 1170 g/mol. The second kappa shape index (κ2) is 35.8. The van der Waals surface area contributed by atoms with Crippen molar-refractivity contribution in [2.45, 2.75) is 291 Å². The monoisotopic (exact) mass is 1170 g/mol. The summed E-state index contributed by atoms with van der Waals surface area (Å²) in [6, 6.07) is -4.81. The standard InChI is InChI=1S/C62H113N11O10/c1-17-19-21-22-23-25-30-44(65-56(80)49-32-28-36-73(49)51(75)33-24-20-18-2)52(76)66-46(38-41(5)6)54(78)69-61(11,12)58(82)68-45(37-40(3)4)53(77)67-47(39-42(7)8)55(79)70-62(13,14)59(83)71-60(9,10)57(81)63-35-34-50(74)64-43-29-26-27-31-48(43)72(15)16/h40-49H,17-39H2,1-16H3,(H,63,81)(H,64,74)(H,65,80)(H,66,76)(H,67,77)(H,68,82)(H,69,78)(H,70,79)(H,71,83)/t43-,44-,45-,46-,47-,48-,49-/m0/s1. The highest BCUT2D eigenvalue weighted by Gasteiger charge is 2.41. The topological polar surface area (TPSA) is 285 Å². The molecule has 0 radical (unpaired) electrons. The normalized spacial score (nSPS) is 18.2. The molecule has 0 bridgehead atoms. The first kappa shape index (κ1) is 73.8. The third-order valence-electron chi connectivity index (χ3n) is 15.7. The Morgan fingerprint density at radius 2 is 0.988 bits per heavy atom. The summed E-state index contributed by atoms with van der Waals surface area (Å²) in [4.78, 5) is 142. The van der Waals surface area contributed by atoms with Crippen molar-refractivity contribution < 1.29 is 47.9 Å². The number of hydrogen-bond donors (Lipinski definition) is 9. The van der Waals surface area contributed by atoms with E-state index < -0.39 is 94.1 Å². The molecule has 1 saturated carbocycles. The predicted molar refractivity (Wildman–Crippen MR) is 325 cm³/mol. The molecule has 1 aliphatic heterocycles. The Balaban J connectivity index is 2.20. The van der Waals surface area contributed by atoms with Crippen molar-refractivity contribution in [1.82, 2.24) is 57.7 Å². The number of nitrogens with one attached hydrogen (secondary N) is 9. The van der Waals surface area contributed by atoms with E-state index in [0.717, 1.165) is 77.0 Å². The van der Waals surface area contributed by atoms with Gasteiger partial charge in [0, 0.05) is 38.0 Å². The largest absolute Gasteiger partial charge is 0.354 e. The van der Waals surface area contributed by atoms with E-state index in [1.165, 1.54) is 41.5 Å². The first-order valence-corrected chi connectivity index (χ1v) is 31.5. The van der Waals surface area contributed by atoms with Gasteiger partial charge >= 0.3 is 0 Å². The molecule has 0 spiro atoms. The van der Waals surface area contributed by atoms with Crippen molar-refractivity contribution in [2.75, 3.05) is 27.2 Å². The molecule has 1 saturated heterocycles. The lowest BCUT2D eigenvalue weighted by Gasteiger charge is -2.36. The highest BCUT2D eigenvalue weighted by molar-refractivity contribution is 6.00. The SMILES string of the molecule is CCCCCCCC[C@H](NC(=O)[C@@H]1CCCN1C(=O)CCCCC)C(=O)N[C@@H](CC(C)C)C(=O)NC(C)(C)C(=O)N[C@@H](CC(C)C)C(=O)N[C@@H](CC(C)C)C(=O)NC(C)(C)C(=O)NC(C)(C)C(=O)NCCC(=O)N[C@H]1CCCC[C@@H]1N(C)C. The molecule has 0 aromatic carbocycles. The summed E-state index contributed by atoms with van der Waals surface area (Å²) in [7, 11) is 4.00. The maximum Gasteiger partial charge on any atom is 0.246 e. The van der Waals surface area contributed by atoms with Gasteiger partial charge in [-0.25, -0.2) is 0 Å². The number of likely N-dealkylation sites (tertiary alicyclic amines) is 1. The number of hydrogen-bond acceptors (Lipinski definition) is 11. The van der Waals surface area contributed by atoms with Gasteiger partial charge in [-0.1, -0.05) is 120 Å². The van der Waals surface area contributed by atoms with E-state index in [1.54, 1.807) is 4.90 Å². The number of unbranched alkanes of at least 4 members (excludes halogenated alkanes) is 7. The molecule has 21 nitrogen and oxygen atoms in total. The molecule has 0 aromatic heterocycles. The van der Waals surface area contributed by atoms with Gasteiger partial charge in [0.2, 0.25) is 59.1 Å². The molecule has 2 rings (SSSR count). The maximum atomic E-state index is 14.3. The van der Waals surface area contributed by atoms with Crippen LogP contribution in [0.15, 0.2) is 0 Å². The molecule has 9 N–H and O–H groups in total. The molecule has 21 heteroatoms. The summed E-state index contributed by atoms with van der Waals surface area (Å²) < 4.78 is 0. The first-order chi connectivity index (χ1) is 38.8. The van der Waals surface area contributed by atoms with E-state index >= 15 is 0 Å². The summed E-state index contributed by atoms with van der Waals surface area (Å²) >= 11 is 0. The summed E-state index contributed by atoms with van der Waals surface area (Å²) in [5, 5.41) is 25.6. The van der Waals surface area contributed by atoms with Crippen LogP contribution in [0.5, 0.6) is 0 Å². The maximum absolute atomic E-state index is 14.3. The first-order valence-electron chi connectivity index (χ1n) is 31.5. The van der Waals surface area contributed by atoms with E-state index in [0.29, 0.717) is 38.6 Å². The molecular formula is C62H113N11O10. The van der Waals surface area contributed by atoms with E-state index in [4.69, 9.17) is 0 Å². The smallest absolute Gasteiger partial charge is 0.246 e. The van der Waals surface area contributed by atoms with Crippen LogP contribution in [0, 0.1) is 17.8 Å². The Hall–Kier alpha value is -5.34. The fraction of sp³-hybridized carbons (Fsp3) is 0.839. The second-order valence-electron chi connectivity index (χ2n) is 26.7. The van der Waals surface area contributed by atoms with E-state index in [9.17, 15) is 47.9 Å². The van der Waals surface area contributed by atoms with Crippen molar-refractivity contribution in [3.8, 4) is 0 Å². The van der Waals surface area contributed by atoms with Crippen LogP contribution in [0.1, 0.15) is 232 Å². The van der Waals surface area contributed by atoms with Crippen molar-refractivity contribution in [1.29, 1.82) is 0 Å². The minimum absolute atomic E-state index is 0.0288. The molecule has 10 amide bonds. The third-order valence-corrected chi connectivity index (χ3v) is 15.7. The van der Waals surface area contributed by atoms with Gasteiger partial charge in [0.25, 0.3) is 0 Å². The van der Waals surface area contributed by atoms with Gasteiger partial charge < -0.3 is 57.7 Å². The lowest BCUT2D eigenvalue weighted by atomic mass is 9.89. The molecule has 476 valence electrons. The minimum Gasteiger partial charge on any atom is -0.354 e. The quantitative estimate of drug-likeness (QED) is 0.0347. The van der Waals surface area contributed by atoms with Gasteiger partial charge in [-0.15, -0.1) is 0 Å². The molecule has 2 aliphatic rings. The Bertz CT molecular complexity index is 2130. The molecule has 2 fully saturated rings. The molecular weight excluding hydrogens is 1060 g/mol. The van der Waals surface area contributed by atoms with Gasteiger partial charge in [0.15, 0.2) is 0 Å². The van der Waals surface area contributed by atoms with Crippen LogP contribution in [0.2, 0.25) is 0 Å². The number of nitrogens with zero attached hydrogens (tertiary/aromatic N) is 2. The number of carbonyl (C=O) groups excluding carboxylic acids is 10. The molecule has 1 heterocycles. The summed E-state index contributed by atoms with van der Waals surface area (Å²) in [5.74, 6) is -5.34. The van der Waals surface area contributed by atoms with Crippen molar-refractivity contribution >= 4 is 59.1 Å². The van der Waals surface area contributed by atoms with Gasteiger partial charge in [0.1, 0.15) is 46.8 Å². The van der Waals surface area contributed by atoms with Crippen LogP contribution < -0.4 is 47.9 Å². The summed E-state index contributed by atoms with van der Waals surface area (Å²) in [6.07, 6.45) is 14.9. The Kier molecular flexibility index (Phi) is 31.8. The molecule has 83 heavy (non-hydrogen) atoms. The van der Waals surface area contributed by atoms with Crippen molar-refractivity contribution in [2.24, 2.45) is 17.8 Å². The lowest BCUT2D eigenvalue weighted by Crippen LogP contribution is -2.65. The summed E-state index contributed by atoms with van der Waals surface area (Å²) in [6.45, 7) is 25.0. The average Bonchev–Trinajstić information content (AvgIpc) is 3.96. The van der Waals surface area contributed by atoms with Gasteiger partial charge in [0.05, 0.1) is 0 Å². The molecule has 1 aliphatic carbocycles. The van der Waals surface area contributed by atoms with Gasteiger partial charge in [-0.2, -0.15) is 0 Å². The fourth-order valence-corrected chi connectivity index (χ4v) is 10.8. The Morgan fingerprint density at radius 1 is 0.506 bits per heavy atom. The highest BCUT2D eigenvalue weighted by atomic mass is 16.2. The van der Waals surface area contributed by atoms with E-state index in [1.807, 2.05) is 55.6 Å². The zero-order chi connectivity index (χ0) is 62.8.